The zero-order valence-corrected chi connectivity index (χ0v) is 20.8. The van der Waals surface area contributed by atoms with Crippen molar-refractivity contribution in [2.45, 2.75) is 25.9 Å². The third-order valence-electron chi connectivity index (χ3n) is 6.07. The molecule has 0 radical (unpaired) electrons. The second-order valence-electron chi connectivity index (χ2n) is 8.46. The number of rotatable bonds is 5. The summed E-state index contributed by atoms with van der Waals surface area (Å²) in [6.45, 7) is 3.49. The van der Waals surface area contributed by atoms with E-state index in [1.54, 1.807) is 6.20 Å². The van der Waals surface area contributed by atoms with Crippen LogP contribution in [0.2, 0.25) is 5.02 Å². The lowest BCUT2D eigenvalue weighted by molar-refractivity contribution is -0.114. The topological polar surface area (TPSA) is 62.2 Å². The van der Waals surface area contributed by atoms with Crippen molar-refractivity contribution in [3.8, 4) is 5.69 Å². The van der Waals surface area contributed by atoms with Gasteiger partial charge in [-0.15, -0.1) is 0 Å². The first-order chi connectivity index (χ1) is 16.9. The molecule has 0 bridgehead atoms. The molecule has 0 saturated carbocycles. The van der Waals surface area contributed by atoms with Gasteiger partial charge in [0.1, 0.15) is 6.04 Å². The van der Waals surface area contributed by atoms with Crippen LogP contribution < -0.4 is 15.5 Å². The van der Waals surface area contributed by atoms with Crippen LogP contribution in [-0.4, -0.2) is 20.6 Å². The molecule has 8 heteroatoms. The van der Waals surface area contributed by atoms with Crippen LogP contribution in [0.5, 0.6) is 0 Å². The van der Waals surface area contributed by atoms with Crippen molar-refractivity contribution in [3.05, 3.63) is 107 Å². The fourth-order valence-electron chi connectivity index (χ4n) is 4.49. The molecular formula is C27H24ClN5OS. The average molecular weight is 502 g/mol. The summed E-state index contributed by atoms with van der Waals surface area (Å²) in [6, 6.07) is 23.4. The van der Waals surface area contributed by atoms with Crippen LogP contribution in [-0.2, 0) is 4.79 Å². The van der Waals surface area contributed by atoms with E-state index in [9.17, 15) is 4.79 Å². The number of benzene rings is 2. The van der Waals surface area contributed by atoms with E-state index in [1.807, 2.05) is 73.8 Å². The van der Waals surface area contributed by atoms with Gasteiger partial charge in [-0.3, -0.25) is 9.78 Å². The number of aryl methyl sites for hydroxylation is 1. The largest absolute Gasteiger partial charge is 0.351 e. The van der Waals surface area contributed by atoms with Crippen LogP contribution >= 0.6 is 23.8 Å². The van der Waals surface area contributed by atoms with E-state index >= 15 is 0 Å². The summed E-state index contributed by atoms with van der Waals surface area (Å²) in [5, 5.41) is 7.65. The standard InChI is InChI=1S/C27H24ClN5OS/c1-17-16-21(12-13-22(17)28)32-15-5-7-24(32)26-25(23-6-3-4-14-29-23)31-27(35)33(26)20-10-8-19(9-11-20)30-18(2)34/h3-16,25-26H,1-2H3,(H,30,34)(H,31,35). The van der Waals surface area contributed by atoms with Crippen molar-refractivity contribution in [2.24, 2.45) is 0 Å². The van der Waals surface area contributed by atoms with E-state index < -0.39 is 0 Å². The second-order valence-corrected chi connectivity index (χ2v) is 9.26. The number of hydrogen-bond donors (Lipinski definition) is 2. The third-order valence-corrected chi connectivity index (χ3v) is 6.81. The molecule has 0 spiro atoms. The predicted molar refractivity (Wildman–Crippen MR) is 144 cm³/mol. The fourth-order valence-corrected chi connectivity index (χ4v) is 4.95. The fraction of sp³-hybridized carbons (Fsp3) is 0.148. The molecule has 3 heterocycles. The summed E-state index contributed by atoms with van der Waals surface area (Å²) in [6.07, 6.45) is 3.84. The molecule has 4 aromatic rings. The van der Waals surface area contributed by atoms with Gasteiger partial charge in [-0.2, -0.15) is 0 Å². The number of amides is 1. The predicted octanol–water partition coefficient (Wildman–Crippen LogP) is 5.97. The number of hydrogen-bond acceptors (Lipinski definition) is 3. The van der Waals surface area contributed by atoms with E-state index in [0.717, 1.165) is 39.0 Å². The molecule has 6 nitrogen and oxygen atoms in total. The second kappa shape index (κ2) is 9.52. The Balaban J connectivity index is 1.62. The van der Waals surface area contributed by atoms with Crippen molar-refractivity contribution in [3.63, 3.8) is 0 Å². The van der Waals surface area contributed by atoms with Crippen LogP contribution in [0.4, 0.5) is 11.4 Å². The first-order valence-electron chi connectivity index (χ1n) is 11.2. The van der Waals surface area contributed by atoms with Gasteiger partial charge in [0.15, 0.2) is 5.11 Å². The monoisotopic (exact) mass is 501 g/mol. The molecule has 5 rings (SSSR count). The van der Waals surface area contributed by atoms with Gasteiger partial charge in [-0.1, -0.05) is 17.7 Å². The number of aromatic nitrogens is 2. The van der Waals surface area contributed by atoms with E-state index in [1.165, 1.54) is 6.92 Å². The maximum absolute atomic E-state index is 11.5. The minimum absolute atomic E-state index is 0.111. The van der Waals surface area contributed by atoms with Crippen molar-refractivity contribution in [1.29, 1.82) is 0 Å². The van der Waals surface area contributed by atoms with Gasteiger partial charge in [0.2, 0.25) is 5.91 Å². The Morgan fingerprint density at radius 2 is 1.83 bits per heavy atom. The average Bonchev–Trinajstić information content (AvgIpc) is 3.46. The molecule has 2 N–H and O–H groups in total. The number of carbonyl (C=O) groups excluding carboxylic acids is 1. The van der Waals surface area contributed by atoms with Crippen LogP contribution in [0.1, 0.15) is 36.0 Å². The number of pyridine rings is 1. The molecule has 1 aliphatic rings. The highest BCUT2D eigenvalue weighted by Crippen LogP contribution is 2.42. The highest BCUT2D eigenvalue weighted by Gasteiger charge is 2.42. The Morgan fingerprint density at radius 3 is 2.51 bits per heavy atom. The van der Waals surface area contributed by atoms with Crippen LogP contribution in [0.15, 0.2) is 85.2 Å². The molecule has 0 aliphatic carbocycles. The van der Waals surface area contributed by atoms with Crippen molar-refractivity contribution < 1.29 is 4.79 Å². The SMILES string of the molecule is CC(=O)Nc1ccc(N2C(=S)NC(c3ccccn3)C2c2cccn2-c2ccc(Cl)c(C)c2)cc1. The Morgan fingerprint density at radius 1 is 1.06 bits per heavy atom. The van der Waals surface area contributed by atoms with Crippen molar-refractivity contribution in [2.75, 3.05) is 10.2 Å². The quantitative estimate of drug-likeness (QED) is 0.330. The molecule has 1 fully saturated rings. The van der Waals surface area contributed by atoms with Crippen LogP contribution in [0, 0.1) is 6.92 Å². The van der Waals surface area contributed by atoms with Gasteiger partial charge in [-0.05, 0) is 91.4 Å². The van der Waals surface area contributed by atoms with Crippen molar-refractivity contribution in [1.82, 2.24) is 14.9 Å². The molecule has 1 aliphatic heterocycles. The summed E-state index contributed by atoms with van der Waals surface area (Å²) in [7, 11) is 0. The van der Waals surface area contributed by atoms with Gasteiger partial charge in [-0.25, -0.2) is 0 Å². The minimum atomic E-state index is -0.171. The molecule has 2 aromatic heterocycles. The maximum atomic E-state index is 11.5. The Bertz CT molecular complexity index is 1390. The summed E-state index contributed by atoms with van der Waals surface area (Å²) >= 11 is 12.1. The smallest absolute Gasteiger partial charge is 0.221 e. The Hall–Kier alpha value is -3.68. The summed E-state index contributed by atoms with van der Waals surface area (Å²) in [5.41, 5.74) is 5.64. The summed E-state index contributed by atoms with van der Waals surface area (Å²) < 4.78 is 2.16. The van der Waals surface area contributed by atoms with Gasteiger partial charge in [0, 0.05) is 47.1 Å². The molecule has 2 atom stereocenters. The number of anilines is 2. The Labute approximate surface area is 214 Å². The molecule has 176 valence electrons. The van der Waals surface area contributed by atoms with E-state index in [-0.39, 0.29) is 18.0 Å². The first-order valence-corrected chi connectivity index (χ1v) is 12.0. The van der Waals surface area contributed by atoms with Gasteiger partial charge in [0.25, 0.3) is 0 Å². The molecule has 2 unspecified atom stereocenters. The molecule has 1 amide bonds. The molecule has 2 aromatic carbocycles. The van der Waals surface area contributed by atoms with E-state index in [2.05, 4.69) is 37.2 Å². The van der Waals surface area contributed by atoms with Gasteiger partial charge in [0.05, 0.1) is 11.7 Å². The number of nitrogens with one attached hydrogen (secondary N) is 2. The number of halogens is 1. The molecule has 35 heavy (non-hydrogen) atoms. The van der Waals surface area contributed by atoms with E-state index in [4.69, 9.17) is 23.8 Å². The number of thiocarbonyl (C=S) groups is 1. The van der Waals surface area contributed by atoms with Crippen LogP contribution in [0.25, 0.3) is 5.69 Å². The number of carbonyl (C=O) groups is 1. The summed E-state index contributed by atoms with van der Waals surface area (Å²) in [5.74, 6) is -0.111. The molecule has 1 saturated heterocycles. The molecular weight excluding hydrogens is 478 g/mol. The first kappa shape index (κ1) is 23.1. The normalized spacial score (nSPS) is 17.3. The lowest BCUT2D eigenvalue weighted by atomic mass is 10.0. The number of nitrogens with zero attached hydrogens (tertiary/aromatic N) is 3. The van der Waals surface area contributed by atoms with Gasteiger partial charge < -0.3 is 20.1 Å². The zero-order chi connectivity index (χ0) is 24.5. The lowest BCUT2D eigenvalue weighted by Gasteiger charge is -2.29. The Kier molecular flexibility index (Phi) is 6.28. The third kappa shape index (κ3) is 4.52. The van der Waals surface area contributed by atoms with E-state index in [0.29, 0.717) is 5.11 Å². The highest BCUT2D eigenvalue weighted by molar-refractivity contribution is 7.80. The van der Waals surface area contributed by atoms with Gasteiger partial charge >= 0.3 is 0 Å². The maximum Gasteiger partial charge on any atom is 0.221 e. The summed E-state index contributed by atoms with van der Waals surface area (Å²) in [4.78, 5) is 18.2. The lowest BCUT2D eigenvalue weighted by Crippen LogP contribution is -2.30. The zero-order valence-electron chi connectivity index (χ0n) is 19.3. The van der Waals surface area contributed by atoms with Crippen molar-refractivity contribution >= 4 is 46.2 Å². The van der Waals surface area contributed by atoms with Crippen LogP contribution in [0.3, 0.4) is 0 Å². The minimum Gasteiger partial charge on any atom is -0.351 e. The highest BCUT2D eigenvalue weighted by atomic mass is 35.5.